The third-order valence-corrected chi connectivity index (χ3v) is 4.26. The molecule has 0 aromatic heterocycles. The number of hydrogen-bond acceptors (Lipinski definition) is 1. The van der Waals surface area contributed by atoms with Crippen LogP contribution in [0.2, 0.25) is 5.02 Å². The Labute approximate surface area is 133 Å². The minimum Gasteiger partial charge on any atom is -0.310 e. The van der Waals surface area contributed by atoms with Gasteiger partial charge in [0.25, 0.3) is 0 Å². The van der Waals surface area contributed by atoms with Crippen molar-refractivity contribution < 1.29 is 0 Å². The van der Waals surface area contributed by atoms with E-state index >= 15 is 0 Å². The van der Waals surface area contributed by atoms with Crippen LogP contribution in [0, 0.1) is 20.8 Å². The molecule has 0 spiro atoms. The van der Waals surface area contributed by atoms with Gasteiger partial charge in [0, 0.05) is 17.6 Å². The first-order valence-electron chi connectivity index (χ1n) is 7.50. The summed E-state index contributed by atoms with van der Waals surface area (Å²) in [6.45, 7) is 9.66. The summed E-state index contributed by atoms with van der Waals surface area (Å²) >= 11 is 6.03. The molecular formula is C19H24ClN. The number of benzene rings is 2. The van der Waals surface area contributed by atoms with Crippen molar-refractivity contribution in [2.75, 3.05) is 0 Å². The summed E-state index contributed by atoms with van der Waals surface area (Å²) in [5.74, 6) is 0. The molecule has 0 fully saturated rings. The summed E-state index contributed by atoms with van der Waals surface area (Å²) in [6.07, 6.45) is 0.991. The summed E-state index contributed by atoms with van der Waals surface area (Å²) < 4.78 is 0. The molecule has 1 atom stereocenters. The van der Waals surface area contributed by atoms with E-state index in [1.165, 1.54) is 27.8 Å². The van der Waals surface area contributed by atoms with Crippen LogP contribution in [-0.2, 0) is 13.0 Å². The molecule has 0 radical (unpaired) electrons. The van der Waals surface area contributed by atoms with Crippen molar-refractivity contribution in [1.29, 1.82) is 0 Å². The monoisotopic (exact) mass is 301 g/mol. The molecule has 0 saturated heterocycles. The van der Waals surface area contributed by atoms with E-state index in [0.29, 0.717) is 6.04 Å². The van der Waals surface area contributed by atoms with Crippen LogP contribution in [0.1, 0.15) is 34.7 Å². The highest BCUT2D eigenvalue weighted by Gasteiger charge is 2.06. The Morgan fingerprint density at radius 2 is 1.71 bits per heavy atom. The van der Waals surface area contributed by atoms with Gasteiger partial charge in [0.05, 0.1) is 0 Å². The lowest BCUT2D eigenvalue weighted by Crippen LogP contribution is -2.27. The van der Waals surface area contributed by atoms with Gasteiger partial charge in [0.2, 0.25) is 0 Å². The van der Waals surface area contributed by atoms with E-state index in [1.807, 2.05) is 18.2 Å². The van der Waals surface area contributed by atoms with Crippen molar-refractivity contribution >= 4 is 11.6 Å². The number of hydrogen-bond donors (Lipinski definition) is 1. The van der Waals surface area contributed by atoms with E-state index in [4.69, 9.17) is 11.6 Å². The Balaban J connectivity index is 1.95. The van der Waals surface area contributed by atoms with Crippen molar-refractivity contribution in [2.45, 2.75) is 46.7 Å². The molecule has 0 saturated carbocycles. The third-order valence-electron chi connectivity index (χ3n) is 4.02. The molecule has 2 heteroatoms. The standard InChI is InChI=1S/C19H24ClN/c1-13-8-15(3)18(9-14(13)2)12-21-16(4)10-17-6-5-7-19(20)11-17/h5-9,11,16,21H,10,12H2,1-4H3. The summed E-state index contributed by atoms with van der Waals surface area (Å²) in [7, 11) is 0. The van der Waals surface area contributed by atoms with E-state index in [2.05, 4.69) is 51.2 Å². The Hall–Kier alpha value is -1.31. The predicted octanol–water partition coefficient (Wildman–Crippen LogP) is 4.99. The zero-order valence-electron chi connectivity index (χ0n) is 13.3. The molecule has 0 aliphatic rings. The minimum atomic E-state index is 0.421. The summed E-state index contributed by atoms with van der Waals surface area (Å²) in [4.78, 5) is 0. The van der Waals surface area contributed by atoms with Gasteiger partial charge in [-0.05, 0) is 74.1 Å². The second-order valence-electron chi connectivity index (χ2n) is 5.98. The van der Waals surface area contributed by atoms with Crippen LogP contribution in [-0.4, -0.2) is 6.04 Å². The fourth-order valence-corrected chi connectivity index (χ4v) is 2.80. The first-order chi connectivity index (χ1) is 9.95. The molecule has 1 unspecified atom stereocenters. The van der Waals surface area contributed by atoms with Gasteiger partial charge in [0.15, 0.2) is 0 Å². The smallest absolute Gasteiger partial charge is 0.0408 e. The van der Waals surface area contributed by atoms with Gasteiger partial charge in [0.1, 0.15) is 0 Å². The molecule has 1 nitrogen and oxygen atoms in total. The Bertz CT molecular complexity index is 619. The average molecular weight is 302 g/mol. The molecule has 112 valence electrons. The van der Waals surface area contributed by atoms with Gasteiger partial charge in [-0.2, -0.15) is 0 Å². The van der Waals surface area contributed by atoms with Crippen LogP contribution in [0.5, 0.6) is 0 Å². The molecule has 0 aliphatic carbocycles. The topological polar surface area (TPSA) is 12.0 Å². The highest BCUT2D eigenvalue weighted by Crippen LogP contribution is 2.16. The predicted molar refractivity (Wildman–Crippen MR) is 92.1 cm³/mol. The van der Waals surface area contributed by atoms with Gasteiger partial charge >= 0.3 is 0 Å². The summed E-state index contributed by atoms with van der Waals surface area (Å²) in [5, 5.41) is 4.42. The van der Waals surface area contributed by atoms with Crippen LogP contribution < -0.4 is 5.32 Å². The fraction of sp³-hybridized carbons (Fsp3) is 0.368. The number of halogens is 1. The van der Waals surface area contributed by atoms with Crippen molar-refractivity contribution in [1.82, 2.24) is 5.32 Å². The van der Waals surface area contributed by atoms with Gasteiger partial charge in [-0.1, -0.05) is 35.9 Å². The maximum atomic E-state index is 6.03. The van der Waals surface area contributed by atoms with Crippen LogP contribution in [0.25, 0.3) is 0 Å². The SMILES string of the molecule is Cc1cc(C)c(CNC(C)Cc2cccc(Cl)c2)cc1C. The molecule has 1 N–H and O–H groups in total. The van der Waals surface area contributed by atoms with Crippen molar-refractivity contribution in [2.24, 2.45) is 0 Å². The number of rotatable bonds is 5. The molecule has 2 aromatic rings. The van der Waals surface area contributed by atoms with Gasteiger partial charge < -0.3 is 5.32 Å². The normalized spacial score (nSPS) is 12.4. The van der Waals surface area contributed by atoms with Gasteiger partial charge in [-0.25, -0.2) is 0 Å². The maximum Gasteiger partial charge on any atom is 0.0408 e. The molecule has 0 bridgehead atoms. The summed E-state index contributed by atoms with van der Waals surface area (Å²) in [5.41, 5.74) is 6.75. The average Bonchev–Trinajstić information content (AvgIpc) is 2.41. The number of nitrogens with one attached hydrogen (secondary N) is 1. The Morgan fingerprint density at radius 1 is 1.00 bits per heavy atom. The lowest BCUT2D eigenvalue weighted by molar-refractivity contribution is 0.544. The molecule has 2 aromatic carbocycles. The van der Waals surface area contributed by atoms with Crippen LogP contribution in [0.3, 0.4) is 0 Å². The summed E-state index contributed by atoms with van der Waals surface area (Å²) in [6, 6.07) is 13.1. The maximum absolute atomic E-state index is 6.03. The van der Waals surface area contributed by atoms with Crippen LogP contribution in [0.4, 0.5) is 0 Å². The Morgan fingerprint density at radius 3 is 2.43 bits per heavy atom. The molecule has 0 heterocycles. The van der Waals surface area contributed by atoms with Crippen molar-refractivity contribution in [3.63, 3.8) is 0 Å². The highest BCUT2D eigenvalue weighted by atomic mass is 35.5. The van der Waals surface area contributed by atoms with E-state index in [-0.39, 0.29) is 0 Å². The second-order valence-corrected chi connectivity index (χ2v) is 6.42. The molecular weight excluding hydrogens is 278 g/mol. The van der Waals surface area contributed by atoms with E-state index in [9.17, 15) is 0 Å². The largest absolute Gasteiger partial charge is 0.310 e. The lowest BCUT2D eigenvalue weighted by atomic mass is 10.0. The quantitative estimate of drug-likeness (QED) is 0.820. The van der Waals surface area contributed by atoms with Crippen LogP contribution >= 0.6 is 11.6 Å². The Kier molecular flexibility index (Phi) is 5.44. The van der Waals surface area contributed by atoms with Crippen molar-refractivity contribution in [3.05, 3.63) is 69.2 Å². The van der Waals surface area contributed by atoms with E-state index in [1.54, 1.807) is 0 Å². The minimum absolute atomic E-state index is 0.421. The van der Waals surface area contributed by atoms with E-state index in [0.717, 1.165) is 18.0 Å². The first kappa shape index (κ1) is 16.1. The second kappa shape index (κ2) is 7.11. The molecule has 2 rings (SSSR count). The lowest BCUT2D eigenvalue weighted by Gasteiger charge is -2.16. The zero-order chi connectivity index (χ0) is 15.4. The number of aryl methyl sites for hydroxylation is 3. The zero-order valence-corrected chi connectivity index (χ0v) is 14.1. The molecule has 21 heavy (non-hydrogen) atoms. The van der Waals surface area contributed by atoms with E-state index < -0.39 is 0 Å². The fourth-order valence-electron chi connectivity index (χ4n) is 2.58. The molecule has 0 amide bonds. The van der Waals surface area contributed by atoms with Gasteiger partial charge in [-0.15, -0.1) is 0 Å². The van der Waals surface area contributed by atoms with Crippen LogP contribution in [0.15, 0.2) is 36.4 Å². The third kappa shape index (κ3) is 4.59. The highest BCUT2D eigenvalue weighted by molar-refractivity contribution is 6.30. The van der Waals surface area contributed by atoms with Crippen molar-refractivity contribution in [3.8, 4) is 0 Å². The first-order valence-corrected chi connectivity index (χ1v) is 7.88. The van der Waals surface area contributed by atoms with Gasteiger partial charge in [-0.3, -0.25) is 0 Å². The molecule has 0 aliphatic heterocycles.